The van der Waals surface area contributed by atoms with Crippen LogP contribution in [0.5, 0.6) is 0 Å². The van der Waals surface area contributed by atoms with Gasteiger partial charge in [0.1, 0.15) is 12.4 Å². The molecule has 0 fully saturated rings. The van der Waals surface area contributed by atoms with Gasteiger partial charge in [0.25, 0.3) is 5.60 Å². The van der Waals surface area contributed by atoms with E-state index in [0.29, 0.717) is 18.6 Å². The zero-order valence-electron chi connectivity index (χ0n) is 19.7. The molecule has 1 unspecified atom stereocenters. The first-order valence-corrected chi connectivity index (χ1v) is 11.6. The van der Waals surface area contributed by atoms with E-state index in [0.717, 1.165) is 18.2 Å². The average Bonchev–Trinajstić information content (AvgIpc) is 2.86. The zero-order valence-corrected chi connectivity index (χ0v) is 20.6. The van der Waals surface area contributed by atoms with Crippen molar-refractivity contribution in [3.05, 3.63) is 59.4 Å². The molecule has 2 aromatic carbocycles. The van der Waals surface area contributed by atoms with Crippen LogP contribution in [0.2, 0.25) is 0 Å². The van der Waals surface area contributed by atoms with Gasteiger partial charge in [-0.2, -0.15) is 31.6 Å². The van der Waals surface area contributed by atoms with Crippen LogP contribution in [0.15, 0.2) is 47.4 Å². The fourth-order valence-electron chi connectivity index (χ4n) is 3.29. The van der Waals surface area contributed by atoms with E-state index in [1.807, 2.05) is 0 Å². The van der Waals surface area contributed by atoms with Crippen molar-refractivity contribution in [3.63, 3.8) is 0 Å². The van der Waals surface area contributed by atoms with Crippen LogP contribution in [0.25, 0.3) is 0 Å². The number of carbonyl (C=O) groups is 1. The van der Waals surface area contributed by atoms with Gasteiger partial charge in [-0.15, -0.1) is 12.8 Å². The fourth-order valence-corrected chi connectivity index (χ4v) is 4.57. The Labute approximate surface area is 216 Å². The Hall–Kier alpha value is -3.62. The molecule has 38 heavy (non-hydrogen) atoms. The first kappa shape index (κ1) is 32.4. The monoisotopic (exact) mass is 565 g/mol. The second kappa shape index (κ2) is 13.3. The zero-order chi connectivity index (χ0) is 29.3. The second-order valence-corrected chi connectivity index (χ2v) is 8.94. The molecule has 206 valence electrons. The number of amides is 1. The lowest BCUT2D eigenvalue weighted by molar-refractivity contribution is -0.376. The maximum absolute atomic E-state index is 13.1. The molecule has 0 saturated carbocycles. The molecule has 0 aliphatic carbocycles. The summed E-state index contributed by atoms with van der Waals surface area (Å²) in [5, 5.41) is 19.7. The summed E-state index contributed by atoms with van der Waals surface area (Å²) in [5.41, 5.74) is -6.09. The van der Waals surface area contributed by atoms with Crippen molar-refractivity contribution >= 4 is 22.6 Å². The minimum atomic E-state index is -5.98. The molecular weight excluding hydrogens is 543 g/mol. The summed E-state index contributed by atoms with van der Waals surface area (Å²) in [4.78, 5) is 10.2. The Bertz CT molecular complexity index is 1180. The molecule has 1 aliphatic rings. The van der Waals surface area contributed by atoms with Gasteiger partial charge in [0.05, 0.1) is 16.7 Å². The molecular formula is C24H22F7N3O3S. The number of aryl methyl sites for hydroxylation is 1. The van der Waals surface area contributed by atoms with Crippen LogP contribution in [0.1, 0.15) is 24.5 Å². The van der Waals surface area contributed by atoms with Gasteiger partial charge in [0.2, 0.25) is 5.91 Å². The number of alkyl halides is 6. The Balaban J connectivity index is 0.000000696. The van der Waals surface area contributed by atoms with Crippen LogP contribution in [-0.4, -0.2) is 40.7 Å². The molecule has 0 aromatic heterocycles. The molecule has 14 heteroatoms. The van der Waals surface area contributed by atoms with Gasteiger partial charge in [-0.3, -0.25) is 9.10 Å². The third-order valence-electron chi connectivity index (χ3n) is 5.03. The molecule has 2 aromatic rings. The van der Waals surface area contributed by atoms with E-state index in [-0.39, 0.29) is 41.6 Å². The number of terminal acetylenes is 1. The first-order valence-electron chi connectivity index (χ1n) is 10.5. The number of benzene rings is 2. The molecule has 6 nitrogen and oxygen atoms in total. The molecule has 0 spiro atoms. The third kappa shape index (κ3) is 7.46. The van der Waals surface area contributed by atoms with Gasteiger partial charge in [-0.1, -0.05) is 12.1 Å². The van der Waals surface area contributed by atoms with E-state index in [1.165, 1.54) is 23.4 Å². The van der Waals surface area contributed by atoms with Gasteiger partial charge in [0, 0.05) is 19.0 Å². The lowest BCUT2D eigenvalue weighted by Gasteiger charge is -2.35. The maximum atomic E-state index is 13.1. The predicted molar refractivity (Wildman–Crippen MR) is 125 cm³/mol. The number of aliphatic hydroxyl groups is 1. The molecule has 0 bridgehead atoms. The molecule has 3 rings (SSSR count). The Kier molecular flexibility index (Phi) is 11.3. The van der Waals surface area contributed by atoms with Crippen molar-refractivity contribution in [3.8, 4) is 18.9 Å². The highest BCUT2D eigenvalue weighted by Gasteiger charge is 2.71. The van der Waals surface area contributed by atoms with Crippen LogP contribution >= 0.6 is 0 Å². The van der Waals surface area contributed by atoms with Gasteiger partial charge in [0.15, 0.2) is 11.0 Å². The van der Waals surface area contributed by atoms with E-state index in [9.17, 15) is 44.8 Å². The van der Waals surface area contributed by atoms with Crippen molar-refractivity contribution in [2.75, 3.05) is 17.4 Å². The van der Waals surface area contributed by atoms with E-state index < -0.39 is 40.3 Å². The summed E-state index contributed by atoms with van der Waals surface area (Å²) < 4.78 is 106. The van der Waals surface area contributed by atoms with Crippen molar-refractivity contribution in [2.24, 2.45) is 0 Å². The van der Waals surface area contributed by atoms with Gasteiger partial charge in [-0.05, 0) is 48.7 Å². The SMILES string of the molecule is C#C.CC(=O)NCC#N.O=S(c1ccc(F)cc1)N1CCCc2cc(C(O)(C(F)(F)F)C(F)(F)F)ccc21. The second-order valence-electron chi connectivity index (χ2n) is 7.53. The Morgan fingerprint density at radius 3 is 2.11 bits per heavy atom. The largest absolute Gasteiger partial charge is 0.430 e. The minimum absolute atomic E-state index is 0.0936. The molecule has 1 aliphatic heterocycles. The molecule has 0 saturated heterocycles. The number of carbonyl (C=O) groups excluding carboxylic acids is 1. The number of anilines is 1. The Morgan fingerprint density at radius 1 is 1.11 bits per heavy atom. The van der Waals surface area contributed by atoms with E-state index in [1.54, 1.807) is 6.07 Å². The molecule has 2 N–H and O–H groups in total. The van der Waals surface area contributed by atoms with Gasteiger partial charge in [-0.25, -0.2) is 8.60 Å². The number of halogens is 7. The topological polar surface area (TPSA) is 93.4 Å². The molecule has 1 amide bonds. The number of hydrogen-bond donors (Lipinski definition) is 2. The molecule has 1 heterocycles. The quantitative estimate of drug-likeness (QED) is 0.324. The number of nitrogens with zero attached hydrogens (tertiary/aromatic N) is 2. The number of nitrogens with one attached hydrogen (secondary N) is 1. The molecule has 0 radical (unpaired) electrons. The van der Waals surface area contributed by atoms with E-state index in [4.69, 9.17) is 5.26 Å². The highest BCUT2D eigenvalue weighted by Crippen LogP contribution is 2.50. The summed E-state index contributed by atoms with van der Waals surface area (Å²) in [6.07, 6.45) is -3.50. The lowest BCUT2D eigenvalue weighted by Crippen LogP contribution is -2.54. The first-order chi connectivity index (χ1) is 17.6. The summed E-state index contributed by atoms with van der Waals surface area (Å²) in [6.45, 7) is 1.71. The standard InChI is InChI=1S/C18H14F7NO2S.C4H6N2O.C2H2/c19-13-4-6-14(7-5-13)29(28)26-9-1-2-11-10-12(3-8-15(11)26)16(27,17(20,21)22)18(23,24)25;1-4(7)6-3-2-5;1-2/h3-8,10,27H,1-2,9H2;3H2,1H3,(H,6,7);1-2H. The number of fused-ring (bicyclic) bond motifs is 1. The third-order valence-corrected chi connectivity index (χ3v) is 6.48. The van der Waals surface area contributed by atoms with Crippen molar-refractivity contribution in [1.29, 1.82) is 5.26 Å². The van der Waals surface area contributed by atoms with Crippen LogP contribution < -0.4 is 9.62 Å². The maximum Gasteiger partial charge on any atom is 0.430 e. The summed E-state index contributed by atoms with van der Waals surface area (Å²) >= 11 is 0. The van der Waals surface area contributed by atoms with Gasteiger partial charge >= 0.3 is 12.4 Å². The van der Waals surface area contributed by atoms with Crippen LogP contribution in [0, 0.1) is 30.0 Å². The van der Waals surface area contributed by atoms with E-state index >= 15 is 0 Å². The van der Waals surface area contributed by atoms with Crippen LogP contribution in [-0.2, 0) is 27.8 Å². The summed E-state index contributed by atoms with van der Waals surface area (Å²) in [5.74, 6) is -0.713. The number of hydrogen-bond acceptors (Lipinski definition) is 4. The normalized spacial score (nSPS) is 13.9. The van der Waals surface area contributed by atoms with Gasteiger partial charge < -0.3 is 10.4 Å². The lowest BCUT2D eigenvalue weighted by atomic mass is 9.89. The van der Waals surface area contributed by atoms with Crippen LogP contribution in [0.4, 0.5) is 36.4 Å². The minimum Gasteiger partial charge on any atom is -0.369 e. The molecule has 1 atom stereocenters. The average molecular weight is 566 g/mol. The van der Waals surface area contributed by atoms with Crippen molar-refractivity contribution in [2.45, 2.75) is 42.6 Å². The van der Waals surface area contributed by atoms with Crippen molar-refractivity contribution in [1.82, 2.24) is 5.32 Å². The number of rotatable bonds is 4. The van der Waals surface area contributed by atoms with Crippen molar-refractivity contribution < 1.29 is 44.8 Å². The Morgan fingerprint density at radius 2 is 1.66 bits per heavy atom. The van der Waals surface area contributed by atoms with E-state index in [2.05, 4.69) is 18.2 Å². The highest BCUT2D eigenvalue weighted by molar-refractivity contribution is 7.86. The summed E-state index contributed by atoms with van der Waals surface area (Å²) in [6, 6.07) is 8.66. The fraction of sp³-hybridized carbons (Fsp3) is 0.333. The van der Waals surface area contributed by atoms with Crippen LogP contribution in [0.3, 0.4) is 0 Å². The summed E-state index contributed by atoms with van der Waals surface area (Å²) in [7, 11) is -1.84. The predicted octanol–water partition coefficient (Wildman–Crippen LogP) is 4.51. The highest BCUT2D eigenvalue weighted by atomic mass is 32.2. The smallest absolute Gasteiger partial charge is 0.369 e. The number of nitriles is 1.